The van der Waals surface area contributed by atoms with Gasteiger partial charge in [-0.1, -0.05) is 18.2 Å². The van der Waals surface area contributed by atoms with Crippen LogP contribution in [-0.4, -0.2) is 41.9 Å². The monoisotopic (exact) mass is 398 g/mol. The molecule has 1 aliphatic heterocycles. The number of carbonyl (C=O) groups is 1. The highest BCUT2D eigenvalue weighted by Crippen LogP contribution is 2.22. The minimum atomic E-state index is -3.50. The van der Waals surface area contributed by atoms with Gasteiger partial charge in [0.1, 0.15) is 0 Å². The van der Waals surface area contributed by atoms with Crippen LogP contribution < -0.4 is 10.9 Å². The number of rotatable bonds is 4. The van der Waals surface area contributed by atoms with Crippen molar-refractivity contribution in [1.29, 1.82) is 0 Å². The standard InChI is InChI=1S/C19H18N4O4S/c24-18-16-6-2-1-5-15(16)17(21-22-18)19(25)20-13-7-9-14(10-8-13)28(26,27)23-11-3-4-12-23/h1-2,5-10H,3-4,11-12H2,(H,20,25)(H,22,24). The molecule has 2 aromatic carbocycles. The lowest BCUT2D eigenvalue weighted by atomic mass is 10.1. The van der Waals surface area contributed by atoms with Crippen molar-refractivity contribution in [2.75, 3.05) is 18.4 Å². The number of hydrogen-bond acceptors (Lipinski definition) is 5. The lowest BCUT2D eigenvalue weighted by molar-refractivity contribution is 0.102. The maximum atomic E-state index is 12.6. The molecule has 2 N–H and O–H groups in total. The van der Waals surface area contributed by atoms with Gasteiger partial charge in [-0.3, -0.25) is 9.59 Å². The summed E-state index contributed by atoms with van der Waals surface area (Å²) < 4.78 is 26.6. The van der Waals surface area contributed by atoms with E-state index in [-0.39, 0.29) is 16.1 Å². The maximum Gasteiger partial charge on any atom is 0.276 e. The van der Waals surface area contributed by atoms with Crippen molar-refractivity contribution in [3.8, 4) is 0 Å². The average molecular weight is 398 g/mol. The van der Waals surface area contributed by atoms with Crippen LogP contribution in [0.2, 0.25) is 0 Å². The lowest BCUT2D eigenvalue weighted by Crippen LogP contribution is -2.27. The van der Waals surface area contributed by atoms with Crippen molar-refractivity contribution in [2.45, 2.75) is 17.7 Å². The van der Waals surface area contributed by atoms with Crippen molar-refractivity contribution in [2.24, 2.45) is 0 Å². The Balaban J connectivity index is 1.58. The van der Waals surface area contributed by atoms with Crippen molar-refractivity contribution >= 4 is 32.4 Å². The number of fused-ring (bicyclic) bond motifs is 1. The molecule has 0 spiro atoms. The van der Waals surface area contributed by atoms with Gasteiger partial charge in [0.05, 0.1) is 10.3 Å². The molecule has 1 amide bonds. The molecule has 144 valence electrons. The van der Waals surface area contributed by atoms with Crippen molar-refractivity contribution in [1.82, 2.24) is 14.5 Å². The van der Waals surface area contributed by atoms with Crippen LogP contribution in [0.15, 0.2) is 58.2 Å². The van der Waals surface area contributed by atoms with Crippen molar-refractivity contribution in [3.63, 3.8) is 0 Å². The van der Waals surface area contributed by atoms with Crippen LogP contribution in [0.4, 0.5) is 5.69 Å². The zero-order chi connectivity index (χ0) is 19.7. The first-order chi connectivity index (χ1) is 13.5. The Kier molecular flexibility index (Phi) is 4.70. The molecule has 3 aromatic rings. The van der Waals surface area contributed by atoms with E-state index in [1.807, 2.05) is 0 Å². The molecule has 0 atom stereocenters. The number of nitrogens with one attached hydrogen (secondary N) is 2. The number of carbonyl (C=O) groups excluding carboxylic acids is 1. The topological polar surface area (TPSA) is 112 Å². The van der Waals surface area contributed by atoms with E-state index in [2.05, 4.69) is 15.5 Å². The van der Waals surface area contributed by atoms with Gasteiger partial charge < -0.3 is 5.32 Å². The van der Waals surface area contributed by atoms with E-state index >= 15 is 0 Å². The first-order valence-corrected chi connectivity index (χ1v) is 10.3. The summed E-state index contributed by atoms with van der Waals surface area (Å²) in [5.74, 6) is -0.498. The number of sulfonamides is 1. The van der Waals surface area contributed by atoms with E-state index in [0.29, 0.717) is 29.5 Å². The summed E-state index contributed by atoms with van der Waals surface area (Å²) in [7, 11) is -3.50. The van der Waals surface area contributed by atoms with Crippen molar-refractivity contribution < 1.29 is 13.2 Å². The maximum absolute atomic E-state index is 12.6. The summed E-state index contributed by atoms with van der Waals surface area (Å²) >= 11 is 0. The fraction of sp³-hybridized carbons (Fsp3) is 0.211. The lowest BCUT2D eigenvalue weighted by Gasteiger charge is -2.15. The van der Waals surface area contributed by atoms with Crippen LogP contribution in [0.3, 0.4) is 0 Å². The van der Waals surface area contributed by atoms with E-state index in [9.17, 15) is 18.0 Å². The number of aromatic amines is 1. The summed E-state index contributed by atoms with van der Waals surface area (Å²) in [6.07, 6.45) is 1.74. The molecule has 0 aliphatic carbocycles. The van der Waals surface area contributed by atoms with E-state index in [0.717, 1.165) is 12.8 Å². The molecule has 9 heteroatoms. The third-order valence-corrected chi connectivity index (χ3v) is 6.64. The summed E-state index contributed by atoms with van der Waals surface area (Å²) in [5.41, 5.74) is 0.148. The zero-order valence-corrected chi connectivity index (χ0v) is 15.7. The molecule has 4 rings (SSSR count). The van der Waals surface area contributed by atoms with E-state index in [1.165, 1.54) is 28.6 Å². The fourth-order valence-corrected chi connectivity index (χ4v) is 4.78. The number of nitrogens with zero attached hydrogens (tertiary/aromatic N) is 2. The van der Waals surface area contributed by atoms with Gasteiger partial charge in [-0.2, -0.15) is 9.40 Å². The number of hydrogen-bond donors (Lipinski definition) is 2. The second-order valence-corrected chi connectivity index (χ2v) is 8.47. The normalized spacial score (nSPS) is 15.0. The SMILES string of the molecule is O=C(Nc1ccc(S(=O)(=O)N2CCCC2)cc1)c1n[nH]c(=O)c2ccccc12. The zero-order valence-electron chi connectivity index (χ0n) is 14.9. The van der Waals surface area contributed by atoms with Gasteiger partial charge in [-0.25, -0.2) is 13.5 Å². The van der Waals surface area contributed by atoms with Crippen LogP contribution in [0.25, 0.3) is 10.8 Å². The third kappa shape index (κ3) is 3.30. The molecule has 0 bridgehead atoms. The largest absolute Gasteiger partial charge is 0.321 e. The highest BCUT2D eigenvalue weighted by Gasteiger charge is 2.27. The Bertz CT molecular complexity index is 1200. The van der Waals surface area contributed by atoms with Gasteiger partial charge in [-0.15, -0.1) is 0 Å². The molecular formula is C19H18N4O4S. The minimum absolute atomic E-state index is 0.0870. The van der Waals surface area contributed by atoms with Crippen LogP contribution in [-0.2, 0) is 10.0 Å². The molecule has 1 saturated heterocycles. The molecule has 1 aliphatic rings. The molecule has 1 fully saturated rings. The number of benzene rings is 2. The summed E-state index contributed by atoms with van der Waals surface area (Å²) in [6.45, 7) is 1.07. The van der Waals surface area contributed by atoms with Gasteiger partial charge in [0, 0.05) is 24.2 Å². The van der Waals surface area contributed by atoms with Gasteiger partial charge in [0.25, 0.3) is 11.5 Å². The number of anilines is 1. The van der Waals surface area contributed by atoms with Gasteiger partial charge in [-0.05, 0) is 43.2 Å². The molecule has 28 heavy (non-hydrogen) atoms. The molecule has 1 aromatic heterocycles. The summed E-state index contributed by atoms with van der Waals surface area (Å²) in [6, 6.07) is 12.7. The first-order valence-electron chi connectivity index (χ1n) is 8.86. The highest BCUT2D eigenvalue weighted by atomic mass is 32.2. The predicted molar refractivity (Wildman–Crippen MR) is 105 cm³/mol. The van der Waals surface area contributed by atoms with Crippen LogP contribution >= 0.6 is 0 Å². The Morgan fingerprint density at radius 2 is 1.64 bits per heavy atom. The quantitative estimate of drug-likeness (QED) is 0.698. The summed E-state index contributed by atoms with van der Waals surface area (Å²) in [5, 5.41) is 9.68. The molecule has 2 heterocycles. The summed E-state index contributed by atoms with van der Waals surface area (Å²) in [4.78, 5) is 24.6. The number of H-pyrrole nitrogens is 1. The molecule has 0 unspecified atom stereocenters. The van der Waals surface area contributed by atoms with E-state index in [1.54, 1.807) is 24.3 Å². The van der Waals surface area contributed by atoms with Crippen LogP contribution in [0.5, 0.6) is 0 Å². The second kappa shape index (κ2) is 7.17. The van der Waals surface area contributed by atoms with Gasteiger partial charge >= 0.3 is 0 Å². The van der Waals surface area contributed by atoms with E-state index in [4.69, 9.17) is 0 Å². The fourth-order valence-electron chi connectivity index (χ4n) is 3.27. The van der Waals surface area contributed by atoms with Crippen molar-refractivity contribution in [3.05, 3.63) is 64.6 Å². The second-order valence-electron chi connectivity index (χ2n) is 6.54. The number of aromatic nitrogens is 2. The van der Waals surface area contributed by atoms with Gasteiger partial charge in [0.15, 0.2) is 5.69 Å². The first kappa shape index (κ1) is 18.3. The minimum Gasteiger partial charge on any atom is -0.321 e. The average Bonchev–Trinajstić information content (AvgIpc) is 3.25. The molecular weight excluding hydrogens is 380 g/mol. The Morgan fingerprint density at radius 3 is 2.32 bits per heavy atom. The smallest absolute Gasteiger partial charge is 0.276 e. The predicted octanol–water partition coefficient (Wildman–Crippen LogP) is 1.96. The van der Waals surface area contributed by atoms with Gasteiger partial charge in [0.2, 0.25) is 10.0 Å². The highest BCUT2D eigenvalue weighted by molar-refractivity contribution is 7.89. The third-order valence-electron chi connectivity index (χ3n) is 4.73. The van der Waals surface area contributed by atoms with Crippen LogP contribution in [0, 0.1) is 0 Å². The Morgan fingerprint density at radius 1 is 1.00 bits per heavy atom. The Hall–Kier alpha value is -3.04. The Labute approximate surface area is 161 Å². The molecule has 8 nitrogen and oxygen atoms in total. The van der Waals surface area contributed by atoms with Crippen LogP contribution in [0.1, 0.15) is 23.3 Å². The molecule has 0 saturated carbocycles. The molecule has 0 radical (unpaired) electrons. The number of amides is 1. The van der Waals surface area contributed by atoms with E-state index < -0.39 is 15.9 Å².